The second-order valence-electron chi connectivity index (χ2n) is 4.98. The summed E-state index contributed by atoms with van der Waals surface area (Å²) in [5.41, 5.74) is 0. The lowest BCUT2D eigenvalue weighted by Crippen LogP contribution is -2.35. The van der Waals surface area contributed by atoms with Crippen molar-refractivity contribution in [3.63, 3.8) is 0 Å². The van der Waals surface area contributed by atoms with E-state index in [1.165, 1.54) is 0 Å². The standard InChI is InChI=1S/C16H28O5/c1-4-7-8-9-10-11-13(12-17)14(15(18)20-5-2)16(19)21-6-3/h12-14H,4-11H2,1-3H3. The Morgan fingerprint density at radius 2 is 1.43 bits per heavy atom. The number of ether oxygens (including phenoxy) is 2. The monoisotopic (exact) mass is 300 g/mol. The van der Waals surface area contributed by atoms with Crippen molar-refractivity contribution in [1.29, 1.82) is 0 Å². The molecule has 21 heavy (non-hydrogen) atoms. The number of carbonyl (C=O) groups is 3. The molecule has 122 valence electrons. The molecule has 0 fully saturated rings. The van der Waals surface area contributed by atoms with Crippen LogP contribution in [-0.4, -0.2) is 31.4 Å². The lowest BCUT2D eigenvalue weighted by atomic mass is 9.88. The molecule has 0 radical (unpaired) electrons. The third-order valence-electron chi connectivity index (χ3n) is 3.33. The van der Waals surface area contributed by atoms with Gasteiger partial charge in [0.2, 0.25) is 0 Å². The highest BCUT2D eigenvalue weighted by molar-refractivity contribution is 5.97. The molecule has 0 saturated carbocycles. The molecule has 0 N–H and O–H groups in total. The van der Waals surface area contributed by atoms with Gasteiger partial charge in [0.25, 0.3) is 0 Å². The molecule has 1 atom stereocenters. The fourth-order valence-electron chi connectivity index (χ4n) is 2.21. The number of hydrogen-bond acceptors (Lipinski definition) is 5. The number of carbonyl (C=O) groups excluding carboxylic acids is 3. The molecule has 5 heteroatoms. The average molecular weight is 300 g/mol. The quantitative estimate of drug-likeness (QED) is 0.240. The predicted molar refractivity (Wildman–Crippen MR) is 79.7 cm³/mol. The molecule has 1 unspecified atom stereocenters. The Balaban J connectivity index is 4.62. The SMILES string of the molecule is CCCCCCCC(C=O)C(C(=O)OCC)C(=O)OCC. The molecule has 0 aliphatic rings. The molecule has 0 rings (SSSR count). The summed E-state index contributed by atoms with van der Waals surface area (Å²) in [7, 11) is 0. The van der Waals surface area contributed by atoms with Gasteiger partial charge in [-0.25, -0.2) is 0 Å². The Kier molecular flexibility index (Phi) is 11.5. The Bertz CT molecular complexity index is 296. The second kappa shape index (κ2) is 12.4. The van der Waals surface area contributed by atoms with Crippen molar-refractivity contribution in [3.05, 3.63) is 0 Å². The van der Waals surface area contributed by atoms with Gasteiger partial charge < -0.3 is 14.3 Å². The van der Waals surface area contributed by atoms with Gasteiger partial charge in [0.1, 0.15) is 6.29 Å². The highest BCUT2D eigenvalue weighted by atomic mass is 16.6. The van der Waals surface area contributed by atoms with Gasteiger partial charge in [-0.2, -0.15) is 0 Å². The maximum Gasteiger partial charge on any atom is 0.321 e. The van der Waals surface area contributed by atoms with E-state index in [9.17, 15) is 14.4 Å². The Labute approximate surface area is 127 Å². The van der Waals surface area contributed by atoms with E-state index in [1.54, 1.807) is 13.8 Å². The number of esters is 2. The molecule has 0 aliphatic carbocycles. The maximum atomic E-state index is 11.9. The van der Waals surface area contributed by atoms with Crippen LogP contribution in [0.1, 0.15) is 59.3 Å². The van der Waals surface area contributed by atoms with E-state index in [1.807, 2.05) is 0 Å². The van der Waals surface area contributed by atoms with Crippen LogP contribution in [0, 0.1) is 11.8 Å². The first-order chi connectivity index (χ1) is 10.1. The first-order valence-electron chi connectivity index (χ1n) is 7.90. The second-order valence-corrected chi connectivity index (χ2v) is 4.98. The molecular weight excluding hydrogens is 272 g/mol. The van der Waals surface area contributed by atoms with E-state index in [0.717, 1.165) is 32.1 Å². The van der Waals surface area contributed by atoms with Crippen LogP contribution in [0.25, 0.3) is 0 Å². The normalized spacial score (nSPS) is 12.0. The molecule has 0 aromatic heterocycles. The van der Waals surface area contributed by atoms with Gasteiger partial charge in [0, 0.05) is 5.92 Å². The zero-order chi connectivity index (χ0) is 16.1. The minimum Gasteiger partial charge on any atom is -0.465 e. The number of hydrogen-bond donors (Lipinski definition) is 0. The lowest BCUT2D eigenvalue weighted by molar-refractivity contribution is -0.165. The largest absolute Gasteiger partial charge is 0.465 e. The van der Waals surface area contributed by atoms with E-state index in [-0.39, 0.29) is 13.2 Å². The van der Waals surface area contributed by atoms with Crippen LogP contribution in [0.4, 0.5) is 0 Å². The molecule has 0 heterocycles. The average Bonchev–Trinajstić information content (AvgIpc) is 2.46. The lowest BCUT2D eigenvalue weighted by Gasteiger charge is -2.19. The summed E-state index contributed by atoms with van der Waals surface area (Å²) in [6.45, 7) is 5.82. The van der Waals surface area contributed by atoms with Crippen LogP contribution in [0.5, 0.6) is 0 Å². The molecule has 0 aromatic carbocycles. The fraction of sp³-hybridized carbons (Fsp3) is 0.812. The number of aldehydes is 1. The molecule has 0 saturated heterocycles. The maximum absolute atomic E-state index is 11.9. The highest BCUT2D eigenvalue weighted by Crippen LogP contribution is 2.21. The molecule has 0 aromatic rings. The zero-order valence-electron chi connectivity index (χ0n) is 13.4. The van der Waals surface area contributed by atoms with Crippen LogP contribution in [-0.2, 0) is 23.9 Å². The predicted octanol–water partition coefficient (Wildman–Crippen LogP) is 2.90. The van der Waals surface area contributed by atoms with E-state index < -0.39 is 23.8 Å². The van der Waals surface area contributed by atoms with Gasteiger partial charge in [-0.1, -0.05) is 39.0 Å². The topological polar surface area (TPSA) is 69.7 Å². The van der Waals surface area contributed by atoms with Crippen LogP contribution < -0.4 is 0 Å². The van der Waals surface area contributed by atoms with Crippen LogP contribution in [0.3, 0.4) is 0 Å². The Hall–Kier alpha value is -1.39. The number of rotatable bonds is 12. The van der Waals surface area contributed by atoms with E-state index >= 15 is 0 Å². The van der Waals surface area contributed by atoms with Crippen molar-refractivity contribution in [2.75, 3.05) is 13.2 Å². The van der Waals surface area contributed by atoms with Crippen molar-refractivity contribution in [1.82, 2.24) is 0 Å². The fourth-order valence-corrected chi connectivity index (χ4v) is 2.21. The molecule has 0 aliphatic heterocycles. The Morgan fingerprint density at radius 1 is 0.905 bits per heavy atom. The first kappa shape index (κ1) is 19.6. The molecule has 0 bridgehead atoms. The minimum absolute atomic E-state index is 0.177. The third kappa shape index (κ3) is 7.83. The van der Waals surface area contributed by atoms with Gasteiger partial charge in [-0.05, 0) is 20.3 Å². The molecular formula is C16H28O5. The molecule has 0 spiro atoms. The van der Waals surface area contributed by atoms with Crippen LogP contribution in [0.15, 0.2) is 0 Å². The molecule has 5 nitrogen and oxygen atoms in total. The van der Waals surface area contributed by atoms with Crippen molar-refractivity contribution in [2.24, 2.45) is 11.8 Å². The summed E-state index contributed by atoms with van der Waals surface area (Å²) in [5.74, 6) is -3.12. The summed E-state index contributed by atoms with van der Waals surface area (Å²) in [4.78, 5) is 35.1. The van der Waals surface area contributed by atoms with E-state index in [0.29, 0.717) is 12.7 Å². The van der Waals surface area contributed by atoms with Crippen LogP contribution >= 0.6 is 0 Å². The minimum atomic E-state index is -1.13. The van der Waals surface area contributed by atoms with Gasteiger partial charge in [0.05, 0.1) is 13.2 Å². The van der Waals surface area contributed by atoms with Crippen molar-refractivity contribution in [3.8, 4) is 0 Å². The van der Waals surface area contributed by atoms with Crippen molar-refractivity contribution in [2.45, 2.75) is 59.3 Å². The smallest absolute Gasteiger partial charge is 0.321 e. The van der Waals surface area contributed by atoms with E-state index in [2.05, 4.69) is 6.92 Å². The summed E-state index contributed by atoms with van der Waals surface area (Å²) in [5, 5.41) is 0. The third-order valence-corrected chi connectivity index (χ3v) is 3.33. The highest BCUT2D eigenvalue weighted by Gasteiger charge is 2.37. The number of unbranched alkanes of at least 4 members (excludes halogenated alkanes) is 4. The van der Waals surface area contributed by atoms with Gasteiger partial charge >= 0.3 is 11.9 Å². The van der Waals surface area contributed by atoms with Crippen LogP contribution in [0.2, 0.25) is 0 Å². The Morgan fingerprint density at radius 3 is 1.86 bits per heavy atom. The summed E-state index contributed by atoms with van der Waals surface area (Å²) in [6, 6.07) is 0. The zero-order valence-corrected chi connectivity index (χ0v) is 13.4. The van der Waals surface area contributed by atoms with Gasteiger partial charge in [-0.15, -0.1) is 0 Å². The summed E-state index contributed by atoms with van der Waals surface area (Å²) < 4.78 is 9.80. The van der Waals surface area contributed by atoms with Crippen molar-refractivity contribution >= 4 is 18.2 Å². The molecule has 0 amide bonds. The first-order valence-corrected chi connectivity index (χ1v) is 7.90. The van der Waals surface area contributed by atoms with Gasteiger partial charge in [0.15, 0.2) is 5.92 Å². The van der Waals surface area contributed by atoms with E-state index in [4.69, 9.17) is 9.47 Å². The van der Waals surface area contributed by atoms with Gasteiger partial charge in [-0.3, -0.25) is 9.59 Å². The summed E-state index contributed by atoms with van der Waals surface area (Å²) in [6.07, 6.45) is 6.41. The summed E-state index contributed by atoms with van der Waals surface area (Å²) >= 11 is 0. The van der Waals surface area contributed by atoms with Crippen molar-refractivity contribution < 1.29 is 23.9 Å².